The SMILES string of the molecule is Cc1cc(C)nc(NC(=O)Cn2cccc2C(=O)O)c1. The van der Waals surface area contributed by atoms with Crippen LogP contribution in [-0.4, -0.2) is 26.5 Å². The number of anilines is 1. The van der Waals surface area contributed by atoms with Crippen molar-refractivity contribution >= 4 is 17.7 Å². The molecule has 6 nitrogen and oxygen atoms in total. The molecule has 0 aliphatic rings. The fourth-order valence-corrected chi connectivity index (χ4v) is 1.99. The summed E-state index contributed by atoms with van der Waals surface area (Å²) in [6.45, 7) is 3.69. The number of aromatic carboxylic acids is 1. The number of amides is 1. The monoisotopic (exact) mass is 273 g/mol. The molecule has 2 aromatic rings. The third kappa shape index (κ3) is 3.23. The second kappa shape index (κ2) is 5.56. The first-order valence-electron chi connectivity index (χ1n) is 6.09. The van der Waals surface area contributed by atoms with Gasteiger partial charge < -0.3 is 15.0 Å². The van der Waals surface area contributed by atoms with Gasteiger partial charge in [-0.15, -0.1) is 0 Å². The van der Waals surface area contributed by atoms with Gasteiger partial charge in [0.05, 0.1) is 0 Å². The molecule has 0 bridgehead atoms. The number of nitrogens with zero attached hydrogens (tertiary/aromatic N) is 2. The van der Waals surface area contributed by atoms with E-state index in [1.165, 1.54) is 10.6 Å². The zero-order valence-electron chi connectivity index (χ0n) is 11.3. The summed E-state index contributed by atoms with van der Waals surface area (Å²) in [6, 6.07) is 6.71. The topological polar surface area (TPSA) is 84.2 Å². The lowest BCUT2D eigenvalue weighted by Crippen LogP contribution is -2.21. The molecule has 0 saturated carbocycles. The average Bonchev–Trinajstić information content (AvgIpc) is 2.75. The van der Waals surface area contributed by atoms with Crippen molar-refractivity contribution in [3.8, 4) is 0 Å². The number of carbonyl (C=O) groups excluding carboxylic acids is 1. The number of pyridine rings is 1. The van der Waals surface area contributed by atoms with Crippen LogP contribution in [-0.2, 0) is 11.3 Å². The molecule has 1 amide bonds. The highest BCUT2D eigenvalue weighted by molar-refractivity contribution is 5.91. The summed E-state index contributed by atoms with van der Waals surface area (Å²) in [5, 5.41) is 11.6. The number of hydrogen-bond acceptors (Lipinski definition) is 3. The summed E-state index contributed by atoms with van der Waals surface area (Å²) in [4.78, 5) is 27.1. The van der Waals surface area contributed by atoms with Gasteiger partial charge in [-0.25, -0.2) is 9.78 Å². The van der Waals surface area contributed by atoms with E-state index in [1.54, 1.807) is 18.3 Å². The number of nitrogens with one attached hydrogen (secondary N) is 1. The van der Waals surface area contributed by atoms with Crippen LogP contribution in [0.5, 0.6) is 0 Å². The molecule has 0 aromatic carbocycles. The maximum atomic E-state index is 11.9. The number of rotatable bonds is 4. The molecule has 0 radical (unpaired) electrons. The van der Waals surface area contributed by atoms with Crippen LogP contribution in [0.1, 0.15) is 21.7 Å². The van der Waals surface area contributed by atoms with Gasteiger partial charge in [0, 0.05) is 11.9 Å². The van der Waals surface area contributed by atoms with E-state index in [1.807, 2.05) is 19.9 Å². The summed E-state index contributed by atoms with van der Waals surface area (Å²) >= 11 is 0. The molecular weight excluding hydrogens is 258 g/mol. The Morgan fingerprint density at radius 1 is 1.35 bits per heavy atom. The third-order valence-electron chi connectivity index (χ3n) is 2.73. The fourth-order valence-electron chi connectivity index (χ4n) is 1.99. The van der Waals surface area contributed by atoms with Crippen molar-refractivity contribution in [2.45, 2.75) is 20.4 Å². The minimum Gasteiger partial charge on any atom is -0.477 e. The molecule has 2 heterocycles. The highest BCUT2D eigenvalue weighted by Gasteiger charge is 2.12. The van der Waals surface area contributed by atoms with Crippen LogP contribution in [0.3, 0.4) is 0 Å². The lowest BCUT2D eigenvalue weighted by Gasteiger charge is -2.08. The van der Waals surface area contributed by atoms with Crippen molar-refractivity contribution in [2.75, 3.05) is 5.32 Å². The van der Waals surface area contributed by atoms with Crippen LogP contribution in [0.4, 0.5) is 5.82 Å². The number of aromatic nitrogens is 2. The Morgan fingerprint density at radius 2 is 2.10 bits per heavy atom. The van der Waals surface area contributed by atoms with Crippen LogP contribution in [0.15, 0.2) is 30.5 Å². The maximum Gasteiger partial charge on any atom is 0.352 e. The van der Waals surface area contributed by atoms with E-state index in [-0.39, 0.29) is 18.1 Å². The molecule has 6 heteroatoms. The normalized spacial score (nSPS) is 10.3. The van der Waals surface area contributed by atoms with Crippen molar-refractivity contribution in [3.05, 3.63) is 47.4 Å². The summed E-state index contributed by atoms with van der Waals surface area (Å²) in [5.74, 6) is -0.912. The van der Waals surface area contributed by atoms with E-state index in [9.17, 15) is 9.59 Å². The van der Waals surface area contributed by atoms with Gasteiger partial charge in [-0.3, -0.25) is 4.79 Å². The van der Waals surface area contributed by atoms with Gasteiger partial charge in [0.1, 0.15) is 18.1 Å². The molecule has 0 aliphatic heterocycles. The van der Waals surface area contributed by atoms with Crippen LogP contribution in [0.2, 0.25) is 0 Å². The van der Waals surface area contributed by atoms with Crippen molar-refractivity contribution in [1.82, 2.24) is 9.55 Å². The largest absolute Gasteiger partial charge is 0.477 e. The molecule has 2 aromatic heterocycles. The zero-order chi connectivity index (χ0) is 14.7. The van der Waals surface area contributed by atoms with Gasteiger partial charge in [0.25, 0.3) is 0 Å². The van der Waals surface area contributed by atoms with Crippen LogP contribution >= 0.6 is 0 Å². The number of hydrogen-bond donors (Lipinski definition) is 2. The molecule has 0 fully saturated rings. The minimum absolute atomic E-state index is 0.0662. The quantitative estimate of drug-likeness (QED) is 0.890. The van der Waals surface area contributed by atoms with E-state index in [2.05, 4.69) is 10.3 Å². The molecule has 2 N–H and O–H groups in total. The summed E-state index contributed by atoms with van der Waals surface area (Å²) in [6.07, 6.45) is 1.55. The molecule has 0 spiro atoms. The highest BCUT2D eigenvalue weighted by Crippen LogP contribution is 2.09. The van der Waals surface area contributed by atoms with Crippen LogP contribution < -0.4 is 5.32 Å². The number of aryl methyl sites for hydroxylation is 2. The van der Waals surface area contributed by atoms with E-state index < -0.39 is 5.97 Å². The van der Waals surface area contributed by atoms with Crippen LogP contribution in [0.25, 0.3) is 0 Å². The average molecular weight is 273 g/mol. The molecule has 2 rings (SSSR count). The van der Waals surface area contributed by atoms with E-state index in [4.69, 9.17) is 5.11 Å². The van der Waals surface area contributed by atoms with Crippen molar-refractivity contribution in [1.29, 1.82) is 0 Å². The van der Waals surface area contributed by atoms with Gasteiger partial charge in [-0.05, 0) is 43.7 Å². The standard InChI is InChI=1S/C14H15N3O3/c1-9-6-10(2)15-12(7-9)16-13(18)8-17-5-3-4-11(17)14(19)20/h3-7H,8H2,1-2H3,(H,19,20)(H,15,16,18). The lowest BCUT2D eigenvalue weighted by molar-refractivity contribution is -0.116. The Bertz CT molecular complexity index is 641. The molecule has 104 valence electrons. The Hall–Kier alpha value is -2.63. The molecule has 20 heavy (non-hydrogen) atoms. The number of carboxylic acid groups (broad SMARTS) is 1. The van der Waals surface area contributed by atoms with E-state index in [0.29, 0.717) is 5.82 Å². The van der Waals surface area contributed by atoms with Gasteiger partial charge >= 0.3 is 5.97 Å². The van der Waals surface area contributed by atoms with E-state index >= 15 is 0 Å². The molecule has 0 atom stereocenters. The lowest BCUT2D eigenvalue weighted by atomic mass is 10.2. The maximum absolute atomic E-state index is 11.9. The first-order chi connectivity index (χ1) is 9.45. The second-order valence-electron chi connectivity index (χ2n) is 4.55. The summed E-state index contributed by atoms with van der Waals surface area (Å²) in [7, 11) is 0. The smallest absolute Gasteiger partial charge is 0.352 e. The molecule has 0 unspecified atom stereocenters. The Kier molecular flexibility index (Phi) is 3.84. The van der Waals surface area contributed by atoms with Crippen molar-refractivity contribution in [3.63, 3.8) is 0 Å². The number of carbonyl (C=O) groups is 2. The Morgan fingerprint density at radius 3 is 2.75 bits per heavy atom. The second-order valence-corrected chi connectivity index (χ2v) is 4.55. The van der Waals surface area contributed by atoms with Gasteiger partial charge in [0.2, 0.25) is 5.91 Å². The minimum atomic E-state index is -1.06. The van der Waals surface area contributed by atoms with Crippen molar-refractivity contribution < 1.29 is 14.7 Å². The highest BCUT2D eigenvalue weighted by atomic mass is 16.4. The van der Waals surface area contributed by atoms with Crippen molar-refractivity contribution in [2.24, 2.45) is 0 Å². The summed E-state index contributed by atoms with van der Waals surface area (Å²) in [5.41, 5.74) is 1.89. The Labute approximate surface area is 116 Å². The molecule has 0 saturated heterocycles. The predicted molar refractivity (Wildman–Crippen MR) is 73.7 cm³/mol. The zero-order valence-corrected chi connectivity index (χ0v) is 11.3. The predicted octanol–water partition coefficient (Wildman–Crippen LogP) is 1.84. The summed E-state index contributed by atoms with van der Waals surface area (Å²) < 4.78 is 1.38. The number of carboxylic acids is 1. The molecule has 0 aliphatic carbocycles. The first-order valence-corrected chi connectivity index (χ1v) is 6.09. The first kappa shape index (κ1) is 13.8. The van der Waals surface area contributed by atoms with Gasteiger partial charge in [-0.2, -0.15) is 0 Å². The fraction of sp³-hybridized carbons (Fsp3) is 0.214. The van der Waals surface area contributed by atoms with Gasteiger partial charge in [0.15, 0.2) is 0 Å². The van der Waals surface area contributed by atoms with E-state index in [0.717, 1.165) is 11.3 Å². The molecular formula is C14H15N3O3. The Balaban J connectivity index is 2.09. The van der Waals surface area contributed by atoms with Gasteiger partial charge in [-0.1, -0.05) is 0 Å². The third-order valence-corrected chi connectivity index (χ3v) is 2.73. The van der Waals surface area contributed by atoms with Crippen LogP contribution in [0, 0.1) is 13.8 Å².